The lowest BCUT2D eigenvalue weighted by Gasteiger charge is -2.08. The number of nitrogens with zero attached hydrogens (tertiary/aromatic N) is 1. The van der Waals surface area contributed by atoms with Gasteiger partial charge in [0.1, 0.15) is 5.69 Å². The molecule has 0 saturated heterocycles. The summed E-state index contributed by atoms with van der Waals surface area (Å²) in [5, 5.41) is 5.10. The van der Waals surface area contributed by atoms with E-state index >= 15 is 0 Å². The van der Waals surface area contributed by atoms with Crippen LogP contribution in [0.25, 0.3) is 0 Å². The van der Waals surface area contributed by atoms with Crippen LogP contribution >= 0.6 is 27.3 Å². The summed E-state index contributed by atoms with van der Waals surface area (Å²) in [4.78, 5) is 13.5. The van der Waals surface area contributed by atoms with Gasteiger partial charge in [-0.2, -0.15) is 0 Å². The van der Waals surface area contributed by atoms with Crippen LogP contribution in [-0.4, -0.2) is 10.5 Å². The van der Waals surface area contributed by atoms with Gasteiger partial charge in [-0.05, 0) is 51.8 Å². The monoisotopic (exact) mass is 354 g/mol. The third-order valence-corrected chi connectivity index (χ3v) is 4.59. The van der Waals surface area contributed by atoms with Crippen LogP contribution < -0.4 is 5.32 Å². The molecule has 108 valence electrons. The summed E-state index contributed by atoms with van der Waals surface area (Å²) in [7, 11) is 0. The Kier molecular flexibility index (Phi) is 5.43. The molecule has 20 heavy (non-hydrogen) atoms. The molecule has 0 aliphatic carbocycles. The first-order valence-corrected chi connectivity index (χ1v) is 8.52. The first-order chi connectivity index (χ1) is 9.65. The summed E-state index contributed by atoms with van der Waals surface area (Å²) in [6.45, 7) is 5.70. The van der Waals surface area contributed by atoms with Crippen LogP contribution in [0.1, 0.15) is 41.2 Å². The van der Waals surface area contributed by atoms with Crippen LogP contribution in [0.15, 0.2) is 28.2 Å². The molecule has 0 saturated carbocycles. The second-order valence-electron chi connectivity index (χ2n) is 4.64. The van der Waals surface area contributed by atoms with Crippen molar-refractivity contribution < 1.29 is 4.79 Å². The van der Waals surface area contributed by atoms with Crippen molar-refractivity contribution in [1.82, 2.24) is 9.88 Å². The fourth-order valence-corrected chi connectivity index (χ4v) is 3.56. The quantitative estimate of drug-likeness (QED) is 0.827. The van der Waals surface area contributed by atoms with Crippen molar-refractivity contribution in [1.29, 1.82) is 0 Å². The smallest absolute Gasteiger partial charge is 0.268 e. The van der Waals surface area contributed by atoms with Crippen LogP contribution in [0.5, 0.6) is 0 Å². The van der Waals surface area contributed by atoms with Crippen LogP contribution in [0, 0.1) is 0 Å². The van der Waals surface area contributed by atoms with E-state index in [9.17, 15) is 4.79 Å². The number of aromatic nitrogens is 1. The second-order valence-corrected chi connectivity index (χ2v) is 6.56. The van der Waals surface area contributed by atoms with E-state index in [0.29, 0.717) is 12.2 Å². The maximum atomic E-state index is 12.3. The van der Waals surface area contributed by atoms with Crippen molar-refractivity contribution in [3.63, 3.8) is 0 Å². The van der Waals surface area contributed by atoms with Crippen molar-refractivity contribution in [3.8, 4) is 0 Å². The summed E-state index contributed by atoms with van der Waals surface area (Å²) in [5.74, 6) is -0.0143. The number of halogens is 1. The van der Waals surface area contributed by atoms with E-state index < -0.39 is 0 Å². The van der Waals surface area contributed by atoms with Crippen LogP contribution in [0.2, 0.25) is 0 Å². The fraction of sp³-hybridized carbons (Fsp3) is 0.400. The molecule has 1 N–H and O–H groups in total. The van der Waals surface area contributed by atoms with Gasteiger partial charge in [0.2, 0.25) is 0 Å². The molecule has 0 unspecified atom stereocenters. The summed E-state index contributed by atoms with van der Waals surface area (Å²) >= 11 is 5.14. The number of amides is 1. The van der Waals surface area contributed by atoms with Gasteiger partial charge >= 0.3 is 0 Å². The molecule has 0 aromatic carbocycles. The lowest BCUT2D eigenvalue weighted by molar-refractivity contribution is 0.0942. The van der Waals surface area contributed by atoms with Gasteiger partial charge in [-0.3, -0.25) is 4.79 Å². The molecule has 2 aromatic rings. The Bertz CT molecular complexity index is 588. The molecule has 2 rings (SSSR count). The normalized spacial score (nSPS) is 10.8. The standard InChI is InChI=1S/C15H19BrN2OS/c1-3-6-18-10-12(16)8-13(18)15(19)17-9-14-11(4-2)5-7-20-14/h5,7-8,10H,3-4,6,9H2,1-2H3,(H,17,19). The predicted molar refractivity (Wildman–Crippen MR) is 87.3 cm³/mol. The Morgan fingerprint density at radius 2 is 2.25 bits per heavy atom. The highest BCUT2D eigenvalue weighted by Gasteiger charge is 2.13. The number of carbonyl (C=O) groups is 1. The number of hydrogen-bond acceptors (Lipinski definition) is 2. The molecule has 0 aliphatic heterocycles. The first-order valence-electron chi connectivity index (χ1n) is 6.84. The number of rotatable bonds is 6. The molecule has 3 nitrogen and oxygen atoms in total. The molecule has 0 spiro atoms. The average Bonchev–Trinajstić information content (AvgIpc) is 3.02. The largest absolute Gasteiger partial charge is 0.346 e. The molecular weight excluding hydrogens is 336 g/mol. The minimum absolute atomic E-state index is 0.0143. The lowest BCUT2D eigenvalue weighted by atomic mass is 10.2. The van der Waals surface area contributed by atoms with E-state index in [-0.39, 0.29) is 5.91 Å². The molecule has 5 heteroatoms. The Morgan fingerprint density at radius 3 is 2.95 bits per heavy atom. The van der Waals surface area contributed by atoms with Crippen molar-refractivity contribution in [2.24, 2.45) is 0 Å². The Labute approximate surface area is 132 Å². The average molecular weight is 355 g/mol. The number of nitrogens with one attached hydrogen (secondary N) is 1. The zero-order valence-electron chi connectivity index (χ0n) is 11.8. The molecular formula is C15H19BrN2OS. The van der Waals surface area contributed by atoms with Crippen LogP contribution in [0.3, 0.4) is 0 Å². The molecule has 2 aromatic heterocycles. The molecule has 0 atom stereocenters. The number of carbonyl (C=O) groups excluding carboxylic acids is 1. The van der Waals surface area contributed by atoms with Gasteiger partial charge in [0.25, 0.3) is 5.91 Å². The third kappa shape index (κ3) is 3.52. The van der Waals surface area contributed by atoms with Crippen molar-refractivity contribution in [3.05, 3.63) is 44.3 Å². The van der Waals surface area contributed by atoms with Gasteiger partial charge in [-0.15, -0.1) is 11.3 Å². The van der Waals surface area contributed by atoms with E-state index in [1.807, 2.05) is 16.8 Å². The zero-order chi connectivity index (χ0) is 14.5. The van der Waals surface area contributed by atoms with Gasteiger partial charge in [-0.25, -0.2) is 0 Å². The maximum Gasteiger partial charge on any atom is 0.268 e. The van der Waals surface area contributed by atoms with E-state index in [2.05, 4.69) is 46.5 Å². The third-order valence-electron chi connectivity index (χ3n) is 3.19. The van der Waals surface area contributed by atoms with Gasteiger partial charge in [0, 0.05) is 22.1 Å². The Hall–Kier alpha value is -1.07. The molecule has 0 bridgehead atoms. The minimum Gasteiger partial charge on any atom is -0.346 e. The minimum atomic E-state index is -0.0143. The van der Waals surface area contributed by atoms with Gasteiger partial charge in [0.15, 0.2) is 0 Å². The van der Waals surface area contributed by atoms with Crippen LogP contribution in [-0.2, 0) is 19.5 Å². The summed E-state index contributed by atoms with van der Waals surface area (Å²) in [6, 6.07) is 4.00. The van der Waals surface area contributed by atoms with Gasteiger partial charge < -0.3 is 9.88 Å². The highest BCUT2D eigenvalue weighted by molar-refractivity contribution is 9.10. The van der Waals surface area contributed by atoms with E-state index in [0.717, 1.165) is 23.9 Å². The molecule has 0 radical (unpaired) electrons. The fourth-order valence-electron chi connectivity index (χ4n) is 2.18. The number of hydrogen-bond donors (Lipinski definition) is 1. The van der Waals surface area contributed by atoms with Crippen molar-refractivity contribution in [2.75, 3.05) is 0 Å². The topological polar surface area (TPSA) is 34.0 Å². The molecule has 0 fully saturated rings. The summed E-state index contributed by atoms with van der Waals surface area (Å²) < 4.78 is 2.94. The van der Waals surface area contributed by atoms with Crippen LogP contribution in [0.4, 0.5) is 0 Å². The molecule has 0 aliphatic rings. The lowest BCUT2D eigenvalue weighted by Crippen LogP contribution is -2.25. The maximum absolute atomic E-state index is 12.3. The predicted octanol–water partition coefficient (Wildman–Crippen LogP) is 4.21. The molecule has 1 amide bonds. The zero-order valence-corrected chi connectivity index (χ0v) is 14.2. The van der Waals surface area contributed by atoms with E-state index in [1.54, 1.807) is 11.3 Å². The summed E-state index contributed by atoms with van der Waals surface area (Å²) in [6.07, 6.45) is 3.97. The molecule has 2 heterocycles. The highest BCUT2D eigenvalue weighted by atomic mass is 79.9. The highest BCUT2D eigenvalue weighted by Crippen LogP contribution is 2.18. The summed E-state index contributed by atoms with van der Waals surface area (Å²) in [5.41, 5.74) is 2.04. The second kappa shape index (κ2) is 7.09. The Balaban J connectivity index is 2.05. The number of aryl methyl sites for hydroxylation is 2. The Morgan fingerprint density at radius 1 is 1.45 bits per heavy atom. The first kappa shape index (κ1) is 15.3. The van der Waals surface area contributed by atoms with E-state index in [1.165, 1.54) is 10.4 Å². The van der Waals surface area contributed by atoms with Crippen molar-refractivity contribution >= 4 is 33.2 Å². The van der Waals surface area contributed by atoms with Gasteiger partial charge in [0.05, 0.1) is 6.54 Å². The SMILES string of the molecule is CCCn1cc(Br)cc1C(=O)NCc1sccc1CC. The number of thiophene rings is 1. The van der Waals surface area contributed by atoms with Crippen molar-refractivity contribution in [2.45, 2.75) is 39.8 Å². The van der Waals surface area contributed by atoms with Gasteiger partial charge in [-0.1, -0.05) is 13.8 Å². The van der Waals surface area contributed by atoms with E-state index in [4.69, 9.17) is 0 Å².